The zero-order valence-electron chi connectivity index (χ0n) is 55.7. The van der Waals surface area contributed by atoms with Gasteiger partial charge in [0.2, 0.25) is 5.88 Å². The number of likely N-dealkylation sites (N-methyl/N-ethyl adjacent to an activating group) is 4. The topological polar surface area (TPSA) is 286 Å². The number of hydrogen-bond donors (Lipinski definition) is 5. The van der Waals surface area contributed by atoms with E-state index in [0.29, 0.717) is 57.9 Å². The normalized spacial score (nSPS) is 18.4. The number of aliphatic imine (C=N–C) groups is 4. The molecule has 29 heteroatoms. The standard InChI is InChI=1S/C19H19F2N3O2.C18H17F2N3O2.C17H14F3N3O.C13H11F2NO.C4H7N3O/c1-9-7-13(15(21)8-14(9)20)19(17(26)24(4)18(22)23-19)12-5-10(2)16(25)11(3)6-12;1-10-6-11(4-5-15(10)25-3)18(16(24)23(2)17(21)22-18)12-7-13(19)9-14(20)8-12;1-9-5-10(3-4-14(9)20)17(15(24)23(2)16(21)22-17)11-6-12(18)8-13(19)7-11;1-17-13-3-2-9(8-16-13)4-10-5-11(14)7-12(15)6-10;1-7-3(8)2-6-4(7)5/h5-8,25H,1-4H3,(H2,22,23);4-9H,1-3H3,(H2,21,22);3-8H,1-2H3,(H2,21,22);2-3,5-8H,4H2,1H3;2H2,1H3,(H2,5,6). The molecule has 0 bridgehead atoms. The minimum absolute atomic E-state index is 0.0108. The van der Waals surface area contributed by atoms with E-state index < -0.39 is 86.7 Å². The number of aryl methyl sites for hydroxylation is 5. The van der Waals surface area contributed by atoms with Crippen LogP contribution in [-0.4, -0.2) is 126 Å². The molecule has 0 radical (unpaired) electrons. The van der Waals surface area contributed by atoms with Gasteiger partial charge < -0.3 is 37.5 Å². The molecule has 522 valence electrons. The van der Waals surface area contributed by atoms with E-state index >= 15 is 0 Å². The van der Waals surface area contributed by atoms with Crippen molar-refractivity contribution in [2.45, 2.75) is 57.7 Å². The summed E-state index contributed by atoms with van der Waals surface area (Å²) in [5.74, 6) is -6.79. The summed E-state index contributed by atoms with van der Waals surface area (Å²) in [6.07, 6.45) is 2.06. The minimum Gasteiger partial charge on any atom is -0.507 e. The fourth-order valence-corrected chi connectivity index (χ4v) is 11.2. The average Bonchev–Trinajstić information content (AvgIpc) is 1.55. The van der Waals surface area contributed by atoms with Crippen LogP contribution < -0.4 is 32.4 Å². The van der Waals surface area contributed by atoms with Crippen molar-refractivity contribution in [2.75, 3.05) is 49.0 Å². The average molecular weight is 1390 g/mol. The third-order valence-corrected chi connectivity index (χ3v) is 16.6. The largest absolute Gasteiger partial charge is 0.507 e. The molecule has 7 aromatic carbocycles. The van der Waals surface area contributed by atoms with Gasteiger partial charge in [-0.25, -0.2) is 64.5 Å². The monoisotopic (exact) mass is 1390 g/mol. The Morgan fingerprint density at radius 2 is 0.850 bits per heavy atom. The first-order valence-electron chi connectivity index (χ1n) is 30.1. The molecule has 0 saturated heterocycles. The first kappa shape index (κ1) is 74.0. The van der Waals surface area contributed by atoms with Crippen LogP contribution in [0.25, 0.3) is 0 Å². The number of carbonyl (C=O) groups excluding carboxylic acids is 4. The van der Waals surface area contributed by atoms with Gasteiger partial charge >= 0.3 is 0 Å². The number of nitrogens with zero attached hydrogens (tertiary/aromatic N) is 9. The summed E-state index contributed by atoms with van der Waals surface area (Å²) in [4.78, 5) is 74.7. The molecular weight excluding hydrogens is 1320 g/mol. The quantitative estimate of drug-likeness (QED) is 0.0802. The highest BCUT2D eigenvalue weighted by atomic mass is 19.2. The van der Waals surface area contributed by atoms with E-state index in [1.165, 1.54) is 95.4 Å². The predicted molar refractivity (Wildman–Crippen MR) is 355 cm³/mol. The first-order valence-corrected chi connectivity index (χ1v) is 30.1. The lowest BCUT2D eigenvalue weighted by Gasteiger charge is -2.28. The summed E-state index contributed by atoms with van der Waals surface area (Å²) < 4.78 is 133. The molecular formula is C71H68F9N13O7. The molecule has 3 atom stereocenters. The number of guanidine groups is 4. The van der Waals surface area contributed by atoms with Crippen molar-refractivity contribution < 1.29 is 73.3 Å². The number of phenolic OH excluding ortho intramolecular Hbond substituents is 1. The number of aromatic nitrogens is 1. The van der Waals surface area contributed by atoms with Crippen LogP contribution >= 0.6 is 0 Å². The second-order valence-electron chi connectivity index (χ2n) is 23.4. The molecule has 100 heavy (non-hydrogen) atoms. The fraction of sp³-hybridized carbons (Fsp3) is 0.225. The zero-order chi connectivity index (χ0) is 73.8. The van der Waals surface area contributed by atoms with Crippen molar-refractivity contribution in [3.63, 3.8) is 0 Å². The molecule has 4 aliphatic heterocycles. The van der Waals surface area contributed by atoms with Crippen LogP contribution in [0.15, 0.2) is 154 Å². The van der Waals surface area contributed by atoms with Gasteiger partial charge in [0.05, 0.1) is 14.2 Å². The number of nitrogens with two attached hydrogens (primary N) is 4. The van der Waals surface area contributed by atoms with Gasteiger partial charge in [-0.2, -0.15) is 0 Å². The van der Waals surface area contributed by atoms with Crippen LogP contribution in [0.1, 0.15) is 72.3 Å². The van der Waals surface area contributed by atoms with Crippen LogP contribution in [0.4, 0.5) is 39.5 Å². The summed E-state index contributed by atoms with van der Waals surface area (Å²) in [6.45, 7) is 8.36. The van der Waals surface area contributed by atoms with Crippen molar-refractivity contribution in [2.24, 2.45) is 42.9 Å². The number of amides is 4. The second-order valence-corrected chi connectivity index (χ2v) is 23.4. The Bertz CT molecular complexity index is 4610. The number of ether oxygens (including phenoxy) is 2. The maximum Gasteiger partial charge on any atom is 0.266 e. The molecule has 9 N–H and O–H groups in total. The number of hydrogen-bond acceptors (Lipinski definition) is 16. The molecule has 0 fully saturated rings. The molecule has 1 aromatic heterocycles. The minimum atomic E-state index is -1.77. The van der Waals surface area contributed by atoms with E-state index in [0.717, 1.165) is 63.4 Å². The number of rotatable bonds is 10. The summed E-state index contributed by atoms with van der Waals surface area (Å²) in [7, 11) is 8.99. The van der Waals surface area contributed by atoms with E-state index in [9.17, 15) is 63.8 Å². The van der Waals surface area contributed by atoms with Crippen molar-refractivity contribution in [3.8, 4) is 17.4 Å². The number of pyridine rings is 1. The lowest BCUT2D eigenvalue weighted by atomic mass is 9.80. The van der Waals surface area contributed by atoms with Gasteiger partial charge in [0, 0.05) is 70.3 Å². The predicted octanol–water partition coefficient (Wildman–Crippen LogP) is 9.11. The molecule has 3 unspecified atom stereocenters. The SMILES string of the molecule is CN1C(=O)CN=C1N.COc1ccc(C2(c3cc(F)cc(F)c3)N=C(N)N(C)C2=O)cc1C.COc1ccc(Cc2cc(F)cc(F)c2)cn1.Cc1cc(C2(c3cc(C)c(O)c(C)c3)N=C(N)N(C)C2=O)c(F)cc1F.Cc1cc(C2(c3cc(F)cc(F)c3)N=C(N)N(C)C2=O)ccc1F. The van der Waals surface area contributed by atoms with Crippen molar-refractivity contribution in [1.29, 1.82) is 0 Å². The Kier molecular flexibility index (Phi) is 21.8. The van der Waals surface area contributed by atoms with Gasteiger partial charge in [-0.05, 0) is 187 Å². The maximum atomic E-state index is 14.8. The molecule has 0 saturated carbocycles. The molecule has 4 aliphatic rings. The Balaban J connectivity index is 0.000000165. The summed E-state index contributed by atoms with van der Waals surface area (Å²) in [5.41, 5.74) is 22.3. The molecule has 5 heterocycles. The molecule has 8 aromatic rings. The second kappa shape index (κ2) is 29.5. The van der Waals surface area contributed by atoms with E-state index in [1.807, 2.05) is 6.07 Å². The van der Waals surface area contributed by atoms with Crippen LogP contribution in [0.2, 0.25) is 0 Å². The smallest absolute Gasteiger partial charge is 0.266 e. The lowest BCUT2D eigenvalue weighted by molar-refractivity contribution is -0.130. The Hall–Kier alpha value is -11.8. The number of methoxy groups -OCH3 is 2. The van der Waals surface area contributed by atoms with E-state index in [2.05, 4.69) is 25.0 Å². The van der Waals surface area contributed by atoms with Crippen molar-refractivity contribution in [1.82, 2.24) is 24.6 Å². The van der Waals surface area contributed by atoms with Gasteiger partial charge in [-0.3, -0.25) is 38.8 Å². The number of carbonyl (C=O) groups is 4. The van der Waals surface area contributed by atoms with Crippen LogP contribution in [-0.2, 0) is 42.2 Å². The third-order valence-electron chi connectivity index (χ3n) is 16.6. The van der Waals surface area contributed by atoms with Gasteiger partial charge in [0.15, 0.2) is 40.5 Å². The highest BCUT2D eigenvalue weighted by Gasteiger charge is 2.53. The van der Waals surface area contributed by atoms with Crippen LogP contribution in [0.3, 0.4) is 0 Å². The Morgan fingerprint density at radius 1 is 0.430 bits per heavy atom. The van der Waals surface area contributed by atoms with E-state index in [-0.39, 0.29) is 69.5 Å². The van der Waals surface area contributed by atoms with Gasteiger partial charge in [-0.1, -0.05) is 18.2 Å². The number of aromatic hydroxyl groups is 1. The van der Waals surface area contributed by atoms with Crippen LogP contribution in [0, 0.1) is 87.0 Å². The highest BCUT2D eigenvalue weighted by Crippen LogP contribution is 2.45. The Morgan fingerprint density at radius 3 is 1.22 bits per heavy atom. The van der Waals surface area contributed by atoms with E-state index in [1.54, 1.807) is 70.4 Å². The highest BCUT2D eigenvalue weighted by molar-refractivity contribution is 6.11. The molecule has 0 spiro atoms. The summed E-state index contributed by atoms with van der Waals surface area (Å²) in [5, 5.41) is 10.1. The van der Waals surface area contributed by atoms with Gasteiger partial charge in [0.1, 0.15) is 70.4 Å². The molecule has 20 nitrogen and oxygen atoms in total. The summed E-state index contributed by atoms with van der Waals surface area (Å²) >= 11 is 0. The molecule has 12 rings (SSSR count). The van der Waals surface area contributed by atoms with Crippen molar-refractivity contribution >= 4 is 47.5 Å². The number of benzene rings is 7. The number of halogens is 9. The Labute approximate surface area is 568 Å². The fourth-order valence-electron chi connectivity index (χ4n) is 11.2. The lowest BCUT2D eigenvalue weighted by Crippen LogP contribution is -2.41. The van der Waals surface area contributed by atoms with E-state index in [4.69, 9.17) is 32.4 Å². The zero-order valence-corrected chi connectivity index (χ0v) is 55.7. The first-order chi connectivity index (χ1) is 47.0. The van der Waals surface area contributed by atoms with Crippen LogP contribution in [0.5, 0.6) is 17.4 Å². The number of phenols is 1. The molecule has 0 aliphatic carbocycles. The molecule has 4 amide bonds. The van der Waals surface area contributed by atoms with Gasteiger partial charge in [0.25, 0.3) is 23.6 Å². The maximum absolute atomic E-state index is 14.8. The van der Waals surface area contributed by atoms with Gasteiger partial charge in [-0.15, -0.1) is 0 Å². The summed E-state index contributed by atoms with van der Waals surface area (Å²) in [6, 6.07) is 26.8. The van der Waals surface area contributed by atoms with Crippen molar-refractivity contribution in [3.05, 3.63) is 258 Å². The third kappa shape index (κ3) is 14.7.